The van der Waals surface area contributed by atoms with Crippen molar-refractivity contribution in [1.82, 2.24) is 0 Å². The molecule has 0 radical (unpaired) electrons. The maximum atomic E-state index is 12.2. The Kier molecular flexibility index (Phi) is 8.58. The van der Waals surface area contributed by atoms with Crippen LogP contribution in [0.15, 0.2) is 24.8 Å². The zero-order valence-electron chi connectivity index (χ0n) is 12.1. The van der Waals surface area contributed by atoms with Gasteiger partial charge in [-0.3, -0.25) is 9.59 Å². The average Bonchev–Trinajstić information content (AvgIpc) is 2.38. The first-order chi connectivity index (χ1) is 9.08. The molecule has 4 nitrogen and oxygen atoms in total. The molecule has 0 aliphatic heterocycles. The smallest absolute Gasteiger partial charge is 0.324 e. The summed E-state index contributed by atoms with van der Waals surface area (Å²) in [6.07, 6.45) is 6.60. The molecule has 0 fully saturated rings. The molecule has 0 amide bonds. The molecule has 0 heterocycles. The molecule has 0 saturated carbocycles. The minimum atomic E-state index is -1.31. The molecule has 0 spiro atoms. The predicted octanol–water partition coefficient (Wildman–Crippen LogP) is 3.03. The normalized spacial score (nSPS) is 11.3. The van der Waals surface area contributed by atoms with E-state index in [4.69, 9.17) is 9.47 Å². The van der Waals surface area contributed by atoms with Crippen molar-refractivity contribution in [1.29, 1.82) is 0 Å². The second-order valence-corrected chi connectivity index (χ2v) is 4.10. The molecular weight excluding hydrogens is 244 g/mol. The van der Waals surface area contributed by atoms with Crippen LogP contribution in [-0.2, 0) is 19.1 Å². The van der Waals surface area contributed by atoms with E-state index in [0.29, 0.717) is 0 Å². The lowest BCUT2D eigenvalue weighted by Crippen LogP contribution is -2.41. The molecular formula is C15H24O4. The summed E-state index contributed by atoms with van der Waals surface area (Å²) < 4.78 is 10.1. The van der Waals surface area contributed by atoms with Gasteiger partial charge in [0.05, 0.1) is 13.2 Å². The van der Waals surface area contributed by atoms with Crippen molar-refractivity contribution >= 4 is 11.9 Å². The van der Waals surface area contributed by atoms with Gasteiger partial charge < -0.3 is 9.47 Å². The monoisotopic (exact) mass is 268 g/mol. The third-order valence-corrected chi connectivity index (χ3v) is 2.69. The topological polar surface area (TPSA) is 52.6 Å². The summed E-state index contributed by atoms with van der Waals surface area (Å²) in [6, 6.07) is 0. The van der Waals surface area contributed by atoms with Gasteiger partial charge in [0.1, 0.15) is 0 Å². The fraction of sp³-hybridized carbons (Fsp3) is 0.600. The van der Waals surface area contributed by atoms with Crippen LogP contribution in [-0.4, -0.2) is 25.2 Å². The summed E-state index contributed by atoms with van der Waals surface area (Å²) in [6.45, 7) is 9.49. The van der Waals surface area contributed by atoms with Crippen molar-refractivity contribution in [2.75, 3.05) is 13.2 Å². The predicted molar refractivity (Wildman–Crippen MR) is 74.6 cm³/mol. The van der Waals surface area contributed by atoms with Gasteiger partial charge in [0, 0.05) is 0 Å². The maximum absolute atomic E-state index is 12.2. The second kappa shape index (κ2) is 9.36. The van der Waals surface area contributed by atoms with Gasteiger partial charge in [-0.2, -0.15) is 0 Å². The third-order valence-electron chi connectivity index (χ3n) is 2.69. The van der Waals surface area contributed by atoms with Crippen LogP contribution in [0.25, 0.3) is 0 Å². The lowest BCUT2D eigenvalue weighted by Gasteiger charge is -2.26. The van der Waals surface area contributed by atoms with Crippen LogP contribution in [0.1, 0.15) is 40.0 Å². The van der Waals surface area contributed by atoms with Crippen molar-refractivity contribution in [3.05, 3.63) is 24.8 Å². The lowest BCUT2D eigenvalue weighted by atomic mass is 9.80. The minimum absolute atomic E-state index is 0.207. The highest BCUT2D eigenvalue weighted by molar-refractivity contribution is 6.00. The molecule has 108 valence electrons. The van der Waals surface area contributed by atoms with Crippen molar-refractivity contribution < 1.29 is 19.1 Å². The van der Waals surface area contributed by atoms with Crippen LogP contribution < -0.4 is 0 Å². The third kappa shape index (κ3) is 4.89. The van der Waals surface area contributed by atoms with Gasteiger partial charge >= 0.3 is 11.9 Å². The molecule has 0 aromatic heterocycles. The molecule has 0 N–H and O–H groups in total. The van der Waals surface area contributed by atoms with E-state index in [1.807, 2.05) is 19.1 Å². The summed E-state index contributed by atoms with van der Waals surface area (Å²) in [5, 5.41) is 0. The average molecular weight is 268 g/mol. The Hall–Kier alpha value is -1.58. The Bertz CT molecular complexity index is 313. The first kappa shape index (κ1) is 17.4. The van der Waals surface area contributed by atoms with Crippen LogP contribution in [0.5, 0.6) is 0 Å². The summed E-state index contributed by atoms with van der Waals surface area (Å²) in [5.74, 6) is -1.09. The Balaban J connectivity index is 5.31. The van der Waals surface area contributed by atoms with Gasteiger partial charge in [-0.1, -0.05) is 25.2 Å². The van der Waals surface area contributed by atoms with Crippen LogP contribution in [0.4, 0.5) is 0 Å². The molecule has 0 aromatic carbocycles. The Labute approximate surface area is 115 Å². The number of carbonyl (C=O) groups is 2. The zero-order valence-corrected chi connectivity index (χ0v) is 12.1. The second-order valence-electron chi connectivity index (χ2n) is 4.10. The molecule has 0 rings (SSSR count). The van der Waals surface area contributed by atoms with Gasteiger partial charge in [-0.25, -0.2) is 0 Å². The van der Waals surface area contributed by atoms with Crippen LogP contribution in [0.2, 0.25) is 0 Å². The van der Waals surface area contributed by atoms with E-state index in [0.717, 1.165) is 6.42 Å². The van der Waals surface area contributed by atoms with E-state index in [-0.39, 0.29) is 26.1 Å². The fourth-order valence-corrected chi connectivity index (χ4v) is 1.74. The van der Waals surface area contributed by atoms with Gasteiger partial charge in [0.2, 0.25) is 0 Å². The SMILES string of the molecule is C=CCC(CC=CCC)(C(=O)OCC)C(=O)OCC. The number of ether oxygens (including phenoxy) is 2. The van der Waals surface area contributed by atoms with Crippen molar-refractivity contribution in [3.63, 3.8) is 0 Å². The summed E-state index contributed by atoms with van der Waals surface area (Å²) in [7, 11) is 0. The van der Waals surface area contributed by atoms with E-state index in [2.05, 4.69) is 6.58 Å². The van der Waals surface area contributed by atoms with Gasteiger partial charge in [0.15, 0.2) is 5.41 Å². The molecule has 0 saturated heterocycles. The standard InChI is InChI=1S/C15H24O4/c1-5-9-10-12-15(11-6-2,13(16)18-7-3)14(17)19-8-4/h6,9-10H,2,5,7-8,11-12H2,1,3-4H3. The molecule has 0 aliphatic carbocycles. The van der Waals surface area contributed by atoms with Crippen molar-refractivity contribution in [2.45, 2.75) is 40.0 Å². The molecule has 0 bridgehead atoms. The van der Waals surface area contributed by atoms with Gasteiger partial charge in [0.25, 0.3) is 0 Å². The Morgan fingerprint density at radius 3 is 1.89 bits per heavy atom. The quantitative estimate of drug-likeness (QED) is 0.366. The number of allylic oxidation sites excluding steroid dienone is 3. The number of carbonyl (C=O) groups excluding carboxylic acids is 2. The molecule has 0 aliphatic rings. The van der Waals surface area contributed by atoms with Gasteiger partial charge in [-0.15, -0.1) is 6.58 Å². The summed E-state index contributed by atoms with van der Waals surface area (Å²) >= 11 is 0. The highest BCUT2D eigenvalue weighted by Crippen LogP contribution is 2.31. The number of rotatable bonds is 9. The number of esters is 2. The molecule has 19 heavy (non-hydrogen) atoms. The highest BCUT2D eigenvalue weighted by Gasteiger charge is 2.46. The first-order valence-electron chi connectivity index (χ1n) is 6.69. The molecule has 0 aromatic rings. The number of hydrogen-bond donors (Lipinski definition) is 0. The van der Waals surface area contributed by atoms with Crippen molar-refractivity contribution in [2.24, 2.45) is 5.41 Å². The maximum Gasteiger partial charge on any atom is 0.324 e. The summed E-state index contributed by atoms with van der Waals surface area (Å²) in [4.78, 5) is 24.3. The van der Waals surface area contributed by atoms with Crippen molar-refractivity contribution in [3.8, 4) is 0 Å². The van der Waals surface area contributed by atoms with E-state index < -0.39 is 17.4 Å². The zero-order chi connectivity index (χ0) is 14.7. The summed E-state index contributed by atoms with van der Waals surface area (Å²) in [5.41, 5.74) is -1.31. The van der Waals surface area contributed by atoms with E-state index in [1.165, 1.54) is 0 Å². The molecule has 0 unspecified atom stereocenters. The van der Waals surface area contributed by atoms with E-state index >= 15 is 0 Å². The van der Waals surface area contributed by atoms with Crippen LogP contribution in [0, 0.1) is 5.41 Å². The lowest BCUT2D eigenvalue weighted by molar-refractivity contribution is -0.171. The van der Waals surface area contributed by atoms with E-state index in [9.17, 15) is 9.59 Å². The minimum Gasteiger partial charge on any atom is -0.465 e. The Morgan fingerprint density at radius 2 is 1.53 bits per heavy atom. The molecule has 0 atom stereocenters. The van der Waals surface area contributed by atoms with Crippen LogP contribution >= 0.6 is 0 Å². The Morgan fingerprint density at radius 1 is 1.00 bits per heavy atom. The fourth-order valence-electron chi connectivity index (χ4n) is 1.74. The van der Waals surface area contributed by atoms with Gasteiger partial charge in [-0.05, 0) is 33.1 Å². The largest absolute Gasteiger partial charge is 0.465 e. The molecule has 4 heteroatoms. The van der Waals surface area contributed by atoms with Crippen LogP contribution in [0.3, 0.4) is 0 Å². The number of hydrogen-bond acceptors (Lipinski definition) is 4. The highest BCUT2D eigenvalue weighted by atomic mass is 16.6. The van der Waals surface area contributed by atoms with E-state index in [1.54, 1.807) is 19.9 Å². The first-order valence-corrected chi connectivity index (χ1v) is 6.69.